The summed E-state index contributed by atoms with van der Waals surface area (Å²) in [5.41, 5.74) is 0.879. The van der Waals surface area contributed by atoms with Crippen molar-refractivity contribution < 1.29 is 18.7 Å². The third-order valence-electron chi connectivity index (χ3n) is 5.50. The number of carbonyl (C=O) groups is 2. The molecule has 4 rings (SSSR count). The average molecular weight is 403 g/mol. The molecule has 3 heterocycles. The van der Waals surface area contributed by atoms with E-state index >= 15 is 0 Å². The molecule has 7 heteroatoms. The number of amides is 2. The summed E-state index contributed by atoms with van der Waals surface area (Å²) in [7, 11) is 0. The van der Waals surface area contributed by atoms with Gasteiger partial charge in [0.1, 0.15) is 12.1 Å². The first-order valence-electron chi connectivity index (χ1n) is 9.57. The number of carbonyl (C=O) groups excluding carboxylic acids is 2. The highest BCUT2D eigenvalue weighted by atomic mass is 35.5. The number of furan rings is 1. The van der Waals surface area contributed by atoms with E-state index in [4.69, 9.17) is 20.8 Å². The smallest absolute Gasteiger partial charge is 0.290 e. The molecule has 0 radical (unpaired) electrons. The van der Waals surface area contributed by atoms with Gasteiger partial charge in [0.15, 0.2) is 5.76 Å². The molecule has 2 fully saturated rings. The second kappa shape index (κ2) is 7.97. The lowest BCUT2D eigenvalue weighted by atomic mass is 10.0. The molecule has 0 aliphatic carbocycles. The van der Waals surface area contributed by atoms with Crippen molar-refractivity contribution in [1.82, 2.24) is 9.80 Å². The molecule has 6 nitrogen and oxygen atoms in total. The molecular formula is C21H23ClN2O4. The van der Waals surface area contributed by atoms with Crippen LogP contribution < -0.4 is 0 Å². The van der Waals surface area contributed by atoms with E-state index in [0.29, 0.717) is 31.1 Å². The quantitative estimate of drug-likeness (QED) is 0.787. The van der Waals surface area contributed by atoms with Crippen molar-refractivity contribution in [1.29, 1.82) is 0 Å². The normalized spacial score (nSPS) is 25.1. The molecule has 2 unspecified atom stereocenters. The lowest BCUT2D eigenvalue weighted by Crippen LogP contribution is -2.55. The van der Waals surface area contributed by atoms with Crippen molar-refractivity contribution in [2.45, 2.75) is 38.0 Å². The van der Waals surface area contributed by atoms with Gasteiger partial charge in [-0.25, -0.2) is 0 Å². The molecule has 2 aromatic rings. The van der Waals surface area contributed by atoms with E-state index in [1.54, 1.807) is 17.0 Å². The van der Waals surface area contributed by atoms with Crippen LogP contribution in [0.5, 0.6) is 0 Å². The predicted octanol–water partition coefficient (Wildman–Crippen LogP) is 3.53. The van der Waals surface area contributed by atoms with Gasteiger partial charge in [0, 0.05) is 17.1 Å². The topological polar surface area (TPSA) is 63.0 Å². The Balaban J connectivity index is 1.52. The minimum Gasteiger partial charge on any atom is -0.459 e. The summed E-state index contributed by atoms with van der Waals surface area (Å²) in [5.74, 6) is -0.00153. The number of rotatable bonds is 3. The maximum atomic E-state index is 13.4. The Bertz CT molecular complexity index is 854. The summed E-state index contributed by atoms with van der Waals surface area (Å²) in [6.45, 7) is 3.38. The van der Waals surface area contributed by atoms with Crippen molar-refractivity contribution in [3.05, 3.63) is 59.0 Å². The molecule has 1 aromatic heterocycles. The Morgan fingerprint density at radius 1 is 1.14 bits per heavy atom. The molecule has 0 spiro atoms. The molecule has 2 amide bonds. The number of morpholine rings is 1. The lowest BCUT2D eigenvalue weighted by molar-refractivity contribution is -0.148. The SMILES string of the molecule is CC1COC(c2ccccc2Cl)CN1C(=O)[C@@H]1CCCN1C(=O)c1ccco1. The number of ether oxygens (including phenoxy) is 1. The fourth-order valence-corrected chi connectivity index (χ4v) is 4.25. The Hall–Kier alpha value is -2.31. The van der Waals surface area contributed by atoms with E-state index in [2.05, 4.69) is 0 Å². The molecule has 2 aliphatic heterocycles. The van der Waals surface area contributed by atoms with Crippen LogP contribution in [0.4, 0.5) is 0 Å². The van der Waals surface area contributed by atoms with Gasteiger partial charge in [-0.2, -0.15) is 0 Å². The number of hydrogen-bond donors (Lipinski definition) is 0. The minimum atomic E-state index is -0.468. The summed E-state index contributed by atoms with van der Waals surface area (Å²) >= 11 is 6.32. The molecule has 148 valence electrons. The number of hydrogen-bond acceptors (Lipinski definition) is 4. The van der Waals surface area contributed by atoms with Crippen LogP contribution >= 0.6 is 11.6 Å². The Kier molecular flexibility index (Phi) is 5.42. The number of halogens is 1. The zero-order valence-corrected chi connectivity index (χ0v) is 16.5. The van der Waals surface area contributed by atoms with Crippen LogP contribution in [-0.2, 0) is 9.53 Å². The first kappa shape index (κ1) is 19.0. The van der Waals surface area contributed by atoms with Crippen LogP contribution in [-0.4, -0.2) is 53.4 Å². The molecule has 28 heavy (non-hydrogen) atoms. The summed E-state index contributed by atoms with van der Waals surface area (Å²) < 4.78 is 11.2. The first-order chi connectivity index (χ1) is 13.6. The maximum absolute atomic E-state index is 13.4. The second-order valence-electron chi connectivity index (χ2n) is 7.32. The molecule has 0 bridgehead atoms. The molecule has 2 aliphatic rings. The number of nitrogens with zero attached hydrogens (tertiary/aromatic N) is 2. The largest absolute Gasteiger partial charge is 0.459 e. The van der Waals surface area contributed by atoms with Crippen LogP contribution in [0.25, 0.3) is 0 Å². The fraction of sp³-hybridized carbons (Fsp3) is 0.429. The molecule has 3 atom stereocenters. The van der Waals surface area contributed by atoms with E-state index in [0.717, 1.165) is 12.0 Å². The fourth-order valence-electron chi connectivity index (χ4n) is 3.99. The van der Waals surface area contributed by atoms with E-state index in [9.17, 15) is 9.59 Å². The van der Waals surface area contributed by atoms with Gasteiger partial charge >= 0.3 is 0 Å². The van der Waals surface area contributed by atoms with Crippen molar-refractivity contribution in [3.63, 3.8) is 0 Å². The zero-order chi connectivity index (χ0) is 19.7. The monoisotopic (exact) mass is 402 g/mol. The zero-order valence-electron chi connectivity index (χ0n) is 15.7. The maximum Gasteiger partial charge on any atom is 0.290 e. The van der Waals surface area contributed by atoms with E-state index in [-0.39, 0.29) is 29.7 Å². The highest BCUT2D eigenvalue weighted by Crippen LogP contribution is 2.31. The lowest BCUT2D eigenvalue weighted by Gasteiger charge is -2.40. The minimum absolute atomic E-state index is 0.0368. The van der Waals surface area contributed by atoms with Crippen LogP contribution in [0.3, 0.4) is 0 Å². The molecule has 0 N–H and O–H groups in total. The van der Waals surface area contributed by atoms with Gasteiger partial charge in [0.25, 0.3) is 5.91 Å². The van der Waals surface area contributed by atoms with Crippen LogP contribution in [0, 0.1) is 0 Å². The van der Waals surface area contributed by atoms with Gasteiger partial charge in [-0.1, -0.05) is 29.8 Å². The van der Waals surface area contributed by atoms with Crippen LogP contribution in [0.1, 0.15) is 42.0 Å². The van der Waals surface area contributed by atoms with E-state index in [1.165, 1.54) is 6.26 Å². The van der Waals surface area contributed by atoms with Crippen LogP contribution in [0.15, 0.2) is 47.1 Å². The summed E-state index contributed by atoms with van der Waals surface area (Å²) in [6.07, 6.45) is 2.66. The van der Waals surface area contributed by atoms with Crippen molar-refractivity contribution in [3.8, 4) is 0 Å². The molecular weight excluding hydrogens is 380 g/mol. The summed E-state index contributed by atoms with van der Waals surface area (Å²) in [6, 6.07) is 10.3. The molecule has 1 aromatic carbocycles. The van der Waals surface area contributed by atoms with Crippen molar-refractivity contribution in [2.24, 2.45) is 0 Å². The number of likely N-dealkylation sites (tertiary alicyclic amines) is 1. The Labute approximate surface area is 169 Å². The predicted molar refractivity (Wildman–Crippen MR) is 104 cm³/mol. The van der Waals surface area contributed by atoms with E-state index in [1.807, 2.05) is 36.1 Å². The summed E-state index contributed by atoms with van der Waals surface area (Å²) in [4.78, 5) is 29.6. The molecule has 2 saturated heterocycles. The Morgan fingerprint density at radius 2 is 1.96 bits per heavy atom. The number of benzene rings is 1. The van der Waals surface area contributed by atoms with Gasteiger partial charge in [-0.05, 0) is 38.0 Å². The third-order valence-corrected chi connectivity index (χ3v) is 5.84. The summed E-state index contributed by atoms with van der Waals surface area (Å²) in [5, 5.41) is 0.630. The van der Waals surface area contributed by atoms with Gasteiger partial charge in [-0.15, -0.1) is 0 Å². The second-order valence-corrected chi connectivity index (χ2v) is 7.72. The van der Waals surface area contributed by atoms with Gasteiger partial charge in [-0.3, -0.25) is 9.59 Å². The highest BCUT2D eigenvalue weighted by Gasteiger charge is 2.41. The standard InChI is InChI=1S/C21H23ClN2O4/c1-14-13-28-19(15-6-2-3-7-16(15)22)12-24(14)20(25)17-8-4-10-23(17)21(26)18-9-5-11-27-18/h2-3,5-7,9,11,14,17,19H,4,8,10,12-13H2,1H3/t14?,17-,19?/m0/s1. The molecule has 0 saturated carbocycles. The van der Waals surface area contributed by atoms with Crippen LogP contribution in [0.2, 0.25) is 5.02 Å². The van der Waals surface area contributed by atoms with Gasteiger partial charge < -0.3 is 19.0 Å². The average Bonchev–Trinajstić information content (AvgIpc) is 3.40. The van der Waals surface area contributed by atoms with Gasteiger partial charge in [0.2, 0.25) is 5.91 Å². The van der Waals surface area contributed by atoms with Gasteiger partial charge in [0.05, 0.1) is 25.5 Å². The Morgan fingerprint density at radius 3 is 2.71 bits per heavy atom. The van der Waals surface area contributed by atoms with Crippen molar-refractivity contribution in [2.75, 3.05) is 19.7 Å². The van der Waals surface area contributed by atoms with Crippen molar-refractivity contribution >= 4 is 23.4 Å². The third kappa shape index (κ3) is 3.54. The first-order valence-corrected chi connectivity index (χ1v) is 9.95. The highest BCUT2D eigenvalue weighted by molar-refractivity contribution is 6.31. The van der Waals surface area contributed by atoms with E-state index < -0.39 is 6.04 Å².